The number of benzene rings is 2. The highest BCUT2D eigenvalue weighted by Crippen LogP contribution is 2.46. The molecule has 0 aromatic heterocycles. The van der Waals surface area contributed by atoms with Crippen molar-refractivity contribution < 1.29 is 14.0 Å². The fraction of sp³-hybridized carbons (Fsp3) is 0.364. The van der Waals surface area contributed by atoms with Gasteiger partial charge in [0.2, 0.25) is 11.8 Å². The third-order valence-electron chi connectivity index (χ3n) is 5.57. The number of carbonyl (C=O) groups excluding carboxylic acids is 2. The molecule has 2 fully saturated rings. The highest BCUT2D eigenvalue weighted by Gasteiger charge is 2.49. The Hall–Kier alpha value is -2.34. The Balaban J connectivity index is 1.40. The lowest BCUT2D eigenvalue weighted by Crippen LogP contribution is -2.53. The summed E-state index contributed by atoms with van der Waals surface area (Å²) < 4.78 is 13.3. The Kier molecular flexibility index (Phi) is 5.40. The van der Waals surface area contributed by atoms with E-state index in [2.05, 4.69) is 0 Å². The molecule has 2 aromatic rings. The molecule has 0 N–H and O–H groups in total. The summed E-state index contributed by atoms with van der Waals surface area (Å²) in [5.74, 6) is 0.344. The number of likely N-dealkylation sites (tertiary alicyclic amines) is 1. The monoisotopic (exact) mass is 398 g/mol. The van der Waals surface area contributed by atoms with Crippen LogP contribution in [-0.2, 0) is 16.0 Å². The number of thioether (sulfide) groups is 1. The van der Waals surface area contributed by atoms with Gasteiger partial charge in [-0.15, -0.1) is 11.8 Å². The van der Waals surface area contributed by atoms with Crippen molar-refractivity contribution >= 4 is 29.3 Å². The first kappa shape index (κ1) is 19.0. The predicted octanol–water partition coefficient (Wildman–Crippen LogP) is 3.86. The molecule has 2 aromatic carbocycles. The molecule has 0 aliphatic carbocycles. The van der Waals surface area contributed by atoms with Crippen LogP contribution in [0.5, 0.6) is 0 Å². The van der Waals surface area contributed by atoms with E-state index in [9.17, 15) is 14.0 Å². The lowest BCUT2D eigenvalue weighted by atomic mass is 10.00. The number of amides is 2. The molecule has 4 nitrogen and oxygen atoms in total. The second kappa shape index (κ2) is 7.95. The molecule has 2 aliphatic rings. The standard InChI is InChI=1S/C22H23FN2O2S/c23-18-7-9-19(10-8-18)25-21(27)16-28-22(25)12-14-24(15-13-22)20(26)11-6-17-4-2-1-3-5-17/h1-5,7-10H,6,11-16H2. The van der Waals surface area contributed by atoms with Gasteiger partial charge in [-0.05, 0) is 49.1 Å². The first-order chi connectivity index (χ1) is 13.6. The van der Waals surface area contributed by atoms with Crippen LogP contribution < -0.4 is 4.90 Å². The van der Waals surface area contributed by atoms with Crippen LogP contribution in [0.15, 0.2) is 54.6 Å². The topological polar surface area (TPSA) is 40.6 Å². The van der Waals surface area contributed by atoms with Crippen LogP contribution in [-0.4, -0.2) is 40.4 Å². The predicted molar refractivity (Wildman–Crippen MR) is 110 cm³/mol. The fourth-order valence-corrected chi connectivity index (χ4v) is 5.38. The lowest BCUT2D eigenvalue weighted by molar-refractivity contribution is -0.132. The second-order valence-electron chi connectivity index (χ2n) is 7.31. The van der Waals surface area contributed by atoms with Crippen LogP contribution in [0.4, 0.5) is 10.1 Å². The smallest absolute Gasteiger partial charge is 0.238 e. The first-order valence-electron chi connectivity index (χ1n) is 9.62. The van der Waals surface area contributed by atoms with Gasteiger partial charge in [-0.1, -0.05) is 30.3 Å². The Morgan fingerprint density at radius 3 is 2.39 bits per heavy atom. The van der Waals surface area contributed by atoms with Gasteiger partial charge in [-0.25, -0.2) is 4.39 Å². The molecule has 0 saturated carbocycles. The van der Waals surface area contributed by atoms with Crippen molar-refractivity contribution in [2.45, 2.75) is 30.6 Å². The number of piperidine rings is 1. The maximum atomic E-state index is 13.3. The van der Waals surface area contributed by atoms with Gasteiger partial charge in [-0.3, -0.25) is 14.5 Å². The summed E-state index contributed by atoms with van der Waals surface area (Å²) in [6.45, 7) is 1.29. The maximum Gasteiger partial charge on any atom is 0.238 e. The SMILES string of the molecule is O=C(CCc1ccccc1)N1CCC2(CC1)SCC(=O)N2c1ccc(F)cc1. The molecule has 28 heavy (non-hydrogen) atoms. The summed E-state index contributed by atoms with van der Waals surface area (Å²) in [6.07, 6.45) is 2.72. The number of carbonyl (C=O) groups is 2. The van der Waals surface area contributed by atoms with Crippen LogP contribution in [0.3, 0.4) is 0 Å². The zero-order valence-corrected chi connectivity index (χ0v) is 16.5. The minimum Gasteiger partial charge on any atom is -0.342 e. The molecular weight excluding hydrogens is 375 g/mol. The molecule has 0 bridgehead atoms. The zero-order chi connectivity index (χ0) is 19.6. The number of halogens is 1. The average molecular weight is 399 g/mol. The summed E-state index contributed by atoms with van der Waals surface area (Å²) in [7, 11) is 0. The maximum absolute atomic E-state index is 13.3. The molecule has 4 rings (SSSR count). The van der Waals surface area contributed by atoms with Crippen molar-refractivity contribution in [2.75, 3.05) is 23.7 Å². The number of hydrogen-bond donors (Lipinski definition) is 0. The number of aryl methyl sites for hydroxylation is 1. The molecule has 0 atom stereocenters. The number of rotatable bonds is 4. The number of hydrogen-bond acceptors (Lipinski definition) is 3. The summed E-state index contributed by atoms with van der Waals surface area (Å²) in [5.41, 5.74) is 1.91. The third-order valence-corrected chi connectivity index (χ3v) is 7.09. The van der Waals surface area contributed by atoms with Crippen LogP contribution >= 0.6 is 11.8 Å². The molecule has 1 spiro atoms. The minimum atomic E-state index is -0.328. The Morgan fingerprint density at radius 2 is 1.71 bits per heavy atom. The molecule has 2 saturated heterocycles. The molecular formula is C22H23FN2O2S. The molecule has 2 amide bonds. The normalized spacial score (nSPS) is 18.7. The van der Waals surface area contributed by atoms with Crippen LogP contribution in [0, 0.1) is 5.82 Å². The fourth-order valence-electron chi connectivity index (χ4n) is 4.05. The summed E-state index contributed by atoms with van der Waals surface area (Å²) in [4.78, 5) is 28.6. The zero-order valence-electron chi connectivity index (χ0n) is 15.6. The second-order valence-corrected chi connectivity index (χ2v) is 8.64. The van der Waals surface area contributed by atoms with Crippen LogP contribution in [0.25, 0.3) is 0 Å². The summed E-state index contributed by atoms with van der Waals surface area (Å²) >= 11 is 1.65. The Morgan fingerprint density at radius 1 is 1.04 bits per heavy atom. The minimum absolute atomic E-state index is 0.0560. The van der Waals surface area contributed by atoms with Crippen molar-refractivity contribution in [3.63, 3.8) is 0 Å². The molecule has 2 heterocycles. The summed E-state index contributed by atoms with van der Waals surface area (Å²) in [5, 5.41) is 0. The highest BCUT2D eigenvalue weighted by molar-refractivity contribution is 8.02. The van der Waals surface area contributed by atoms with Gasteiger partial charge in [-0.2, -0.15) is 0 Å². The van der Waals surface area contributed by atoms with E-state index < -0.39 is 0 Å². The van der Waals surface area contributed by atoms with E-state index in [-0.39, 0.29) is 22.5 Å². The number of nitrogens with zero attached hydrogens (tertiary/aromatic N) is 2. The van der Waals surface area contributed by atoms with Crippen molar-refractivity contribution in [2.24, 2.45) is 0 Å². The van der Waals surface area contributed by atoms with Crippen molar-refractivity contribution in [3.05, 3.63) is 66.0 Å². The average Bonchev–Trinajstić information content (AvgIpc) is 3.04. The van der Waals surface area contributed by atoms with Gasteiger partial charge < -0.3 is 4.90 Å². The van der Waals surface area contributed by atoms with Gasteiger partial charge in [0.15, 0.2) is 0 Å². The van der Waals surface area contributed by atoms with Gasteiger partial charge in [0.25, 0.3) is 0 Å². The lowest BCUT2D eigenvalue weighted by Gasteiger charge is -2.44. The van der Waals surface area contributed by atoms with E-state index in [1.807, 2.05) is 40.1 Å². The largest absolute Gasteiger partial charge is 0.342 e. The van der Waals surface area contributed by atoms with Crippen LogP contribution in [0.1, 0.15) is 24.8 Å². The highest BCUT2D eigenvalue weighted by atomic mass is 32.2. The van der Waals surface area contributed by atoms with Gasteiger partial charge >= 0.3 is 0 Å². The molecule has 0 unspecified atom stereocenters. The quantitative estimate of drug-likeness (QED) is 0.785. The van der Waals surface area contributed by atoms with Gasteiger partial charge in [0.05, 0.1) is 10.6 Å². The van der Waals surface area contributed by atoms with E-state index >= 15 is 0 Å². The van der Waals surface area contributed by atoms with E-state index in [0.29, 0.717) is 25.3 Å². The van der Waals surface area contributed by atoms with Gasteiger partial charge in [0.1, 0.15) is 5.82 Å². The molecule has 146 valence electrons. The first-order valence-corrected chi connectivity index (χ1v) is 10.6. The van der Waals surface area contributed by atoms with Crippen LogP contribution in [0.2, 0.25) is 0 Å². The van der Waals surface area contributed by atoms with Gasteiger partial charge in [0, 0.05) is 25.2 Å². The van der Waals surface area contributed by atoms with E-state index in [1.165, 1.54) is 17.7 Å². The van der Waals surface area contributed by atoms with E-state index in [0.717, 1.165) is 24.9 Å². The van der Waals surface area contributed by atoms with E-state index in [4.69, 9.17) is 0 Å². The Bertz CT molecular complexity index is 849. The van der Waals surface area contributed by atoms with E-state index in [1.54, 1.807) is 23.9 Å². The summed E-state index contributed by atoms with van der Waals surface area (Å²) in [6, 6.07) is 16.1. The van der Waals surface area contributed by atoms with Crippen molar-refractivity contribution in [1.29, 1.82) is 0 Å². The van der Waals surface area contributed by atoms with Crippen molar-refractivity contribution in [1.82, 2.24) is 4.90 Å². The molecule has 2 aliphatic heterocycles. The Labute approximate surface area is 168 Å². The molecule has 6 heteroatoms. The van der Waals surface area contributed by atoms with Crippen molar-refractivity contribution in [3.8, 4) is 0 Å². The third kappa shape index (κ3) is 3.78. The number of anilines is 1. The molecule has 0 radical (unpaired) electrons.